The number of hydrogen-bond acceptors (Lipinski definition) is 3. The van der Waals surface area contributed by atoms with E-state index < -0.39 is 0 Å². The van der Waals surface area contributed by atoms with Crippen LogP contribution in [0.4, 0.5) is 0 Å². The van der Waals surface area contributed by atoms with Crippen LogP contribution in [-0.4, -0.2) is 16.3 Å². The van der Waals surface area contributed by atoms with Crippen molar-refractivity contribution in [3.63, 3.8) is 0 Å². The zero-order valence-corrected chi connectivity index (χ0v) is 15.8. The van der Waals surface area contributed by atoms with Gasteiger partial charge in [0, 0.05) is 24.6 Å². The first-order valence-electron chi connectivity index (χ1n) is 7.32. The number of likely N-dealkylation sites (N-methyl/N-ethyl adjacent to an activating group) is 1. The molecule has 0 amide bonds. The van der Waals surface area contributed by atoms with Crippen LogP contribution < -0.4 is 5.32 Å². The zero-order valence-electron chi connectivity index (χ0n) is 12.6. The lowest BCUT2D eigenvalue weighted by atomic mass is 10.0. The topological polar surface area (TPSA) is 43.0 Å². The number of halogens is 2. The first-order valence-corrected chi connectivity index (χ1v) is 8.91. The van der Waals surface area contributed by atoms with E-state index in [1.807, 2.05) is 6.07 Å². The summed E-state index contributed by atoms with van der Waals surface area (Å²) in [5, 5.41) is 8.20. The second kappa shape index (κ2) is 7.61. The van der Waals surface area contributed by atoms with Gasteiger partial charge < -0.3 is 9.73 Å². The van der Waals surface area contributed by atoms with Gasteiger partial charge in [0.1, 0.15) is 0 Å². The zero-order chi connectivity index (χ0) is 15.4. The Morgan fingerprint density at radius 1 is 1.33 bits per heavy atom. The molecule has 0 radical (unpaired) electrons. The summed E-state index contributed by atoms with van der Waals surface area (Å²) in [5.41, 5.74) is 3.49. The molecule has 1 unspecified atom stereocenters. The van der Waals surface area contributed by atoms with Gasteiger partial charge in [0.25, 0.3) is 0 Å². The van der Waals surface area contributed by atoms with Crippen molar-refractivity contribution in [1.29, 1.82) is 0 Å². The van der Waals surface area contributed by atoms with E-state index in [0.29, 0.717) is 0 Å². The summed E-state index contributed by atoms with van der Waals surface area (Å²) >= 11 is 7.20. The third kappa shape index (κ3) is 3.60. The molecule has 6 heteroatoms. The summed E-state index contributed by atoms with van der Waals surface area (Å²) < 4.78 is 9.40. The number of furan rings is 1. The minimum absolute atomic E-state index is 0.200. The molecule has 2 aromatic rings. The Morgan fingerprint density at radius 3 is 2.62 bits per heavy atom. The standard InChI is InChI=1S/C15H21Br2N3O/c1-4-11-14(16)13(20(6-3)19-11)9-12(18-5-2)10-7-8-21-15(10)17/h7-8,12,18H,4-6,9H2,1-3H3. The van der Waals surface area contributed by atoms with E-state index in [1.54, 1.807) is 6.26 Å². The fourth-order valence-electron chi connectivity index (χ4n) is 2.50. The molecule has 0 aliphatic carbocycles. The van der Waals surface area contributed by atoms with Gasteiger partial charge in [-0.3, -0.25) is 4.68 Å². The Bertz CT molecular complexity index is 592. The van der Waals surface area contributed by atoms with Crippen molar-refractivity contribution >= 4 is 31.9 Å². The maximum Gasteiger partial charge on any atom is 0.173 e. The molecule has 0 saturated heterocycles. The van der Waals surface area contributed by atoms with Crippen LogP contribution in [0.2, 0.25) is 0 Å². The summed E-state index contributed by atoms with van der Waals surface area (Å²) in [6.45, 7) is 8.15. The number of nitrogens with one attached hydrogen (secondary N) is 1. The monoisotopic (exact) mass is 417 g/mol. The Balaban J connectivity index is 2.33. The lowest BCUT2D eigenvalue weighted by molar-refractivity contribution is 0.491. The van der Waals surface area contributed by atoms with Crippen molar-refractivity contribution in [3.05, 3.63) is 38.4 Å². The van der Waals surface area contributed by atoms with Crippen LogP contribution in [0.3, 0.4) is 0 Å². The number of nitrogens with zero attached hydrogens (tertiary/aromatic N) is 2. The Morgan fingerprint density at radius 2 is 2.10 bits per heavy atom. The van der Waals surface area contributed by atoms with Gasteiger partial charge in [0.15, 0.2) is 4.67 Å². The fraction of sp³-hybridized carbons (Fsp3) is 0.533. The van der Waals surface area contributed by atoms with E-state index >= 15 is 0 Å². The van der Waals surface area contributed by atoms with Gasteiger partial charge >= 0.3 is 0 Å². The van der Waals surface area contributed by atoms with E-state index in [4.69, 9.17) is 4.42 Å². The molecule has 0 aliphatic heterocycles. The smallest absolute Gasteiger partial charge is 0.173 e. The number of hydrogen-bond donors (Lipinski definition) is 1. The molecular formula is C15H21Br2N3O. The Labute approximate surface area is 142 Å². The number of aromatic nitrogens is 2. The molecule has 0 spiro atoms. The maximum atomic E-state index is 5.39. The van der Waals surface area contributed by atoms with Crippen molar-refractivity contribution in [1.82, 2.24) is 15.1 Å². The molecule has 2 aromatic heterocycles. The van der Waals surface area contributed by atoms with E-state index in [2.05, 4.69) is 67.7 Å². The first kappa shape index (κ1) is 16.8. The maximum absolute atomic E-state index is 5.39. The van der Waals surface area contributed by atoms with E-state index in [9.17, 15) is 0 Å². The molecule has 0 saturated carbocycles. The van der Waals surface area contributed by atoms with Gasteiger partial charge in [-0.05, 0) is 57.8 Å². The fourth-order valence-corrected chi connectivity index (χ4v) is 3.74. The van der Waals surface area contributed by atoms with Gasteiger partial charge in [0.2, 0.25) is 0 Å². The van der Waals surface area contributed by atoms with Gasteiger partial charge in [0.05, 0.1) is 22.1 Å². The van der Waals surface area contributed by atoms with Gasteiger partial charge in [-0.25, -0.2) is 0 Å². The van der Waals surface area contributed by atoms with Crippen molar-refractivity contribution in [2.75, 3.05) is 6.54 Å². The summed E-state index contributed by atoms with van der Waals surface area (Å²) in [5.74, 6) is 0. The molecule has 2 rings (SSSR count). The Kier molecular flexibility index (Phi) is 6.08. The molecule has 1 N–H and O–H groups in total. The highest BCUT2D eigenvalue weighted by molar-refractivity contribution is 9.10. The van der Waals surface area contributed by atoms with Crippen LogP contribution in [0.15, 0.2) is 25.9 Å². The van der Waals surface area contributed by atoms with Gasteiger partial charge in [-0.15, -0.1) is 0 Å². The normalized spacial score (nSPS) is 12.8. The molecule has 4 nitrogen and oxygen atoms in total. The third-order valence-corrected chi connectivity index (χ3v) is 5.12. The third-order valence-electron chi connectivity index (χ3n) is 3.56. The molecule has 0 aromatic carbocycles. The van der Waals surface area contributed by atoms with Crippen LogP contribution in [0, 0.1) is 0 Å². The molecule has 0 bridgehead atoms. The van der Waals surface area contributed by atoms with E-state index in [1.165, 1.54) is 5.69 Å². The van der Waals surface area contributed by atoms with E-state index in [0.717, 1.165) is 46.3 Å². The first-order chi connectivity index (χ1) is 10.1. The van der Waals surface area contributed by atoms with Crippen molar-refractivity contribution in [3.8, 4) is 0 Å². The predicted molar refractivity (Wildman–Crippen MR) is 91.5 cm³/mol. The molecule has 21 heavy (non-hydrogen) atoms. The van der Waals surface area contributed by atoms with Crippen LogP contribution >= 0.6 is 31.9 Å². The number of rotatable bonds is 7. The quantitative estimate of drug-likeness (QED) is 0.720. The molecule has 2 heterocycles. The lowest BCUT2D eigenvalue weighted by Crippen LogP contribution is -2.24. The lowest BCUT2D eigenvalue weighted by Gasteiger charge is -2.18. The predicted octanol–water partition coefficient (Wildman–Crippen LogP) is 4.48. The summed E-state index contributed by atoms with van der Waals surface area (Å²) in [7, 11) is 0. The van der Waals surface area contributed by atoms with Crippen molar-refractivity contribution < 1.29 is 4.42 Å². The van der Waals surface area contributed by atoms with Crippen molar-refractivity contribution in [2.45, 2.75) is 46.2 Å². The molecule has 1 atom stereocenters. The SMILES string of the molecule is CCNC(Cc1c(Br)c(CC)nn1CC)c1ccoc1Br. The average Bonchev–Trinajstić information content (AvgIpc) is 3.03. The highest BCUT2D eigenvalue weighted by atomic mass is 79.9. The second-order valence-electron chi connectivity index (χ2n) is 4.84. The summed E-state index contributed by atoms with van der Waals surface area (Å²) in [6, 6.07) is 2.21. The highest BCUT2D eigenvalue weighted by Crippen LogP contribution is 2.31. The average molecular weight is 419 g/mol. The largest absolute Gasteiger partial charge is 0.457 e. The summed E-state index contributed by atoms with van der Waals surface area (Å²) in [4.78, 5) is 0. The molecule has 116 valence electrons. The van der Waals surface area contributed by atoms with Crippen LogP contribution in [-0.2, 0) is 19.4 Å². The van der Waals surface area contributed by atoms with E-state index in [-0.39, 0.29) is 6.04 Å². The molecule has 0 fully saturated rings. The Hall–Kier alpha value is -0.590. The second-order valence-corrected chi connectivity index (χ2v) is 6.35. The van der Waals surface area contributed by atoms with Crippen LogP contribution in [0.25, 0.3) is 0 Å². The van der Waals surface area contributed by atoms with Crippen molar-refractivity contribution in [2.24, 2.45) is 0 Å². The summed E-state index contributed by atoms with van der Waals surface area (Å²) in [6.07, 6.45) is 3.52. The highest BCUT2D eigenvalue weighted by Gasteiger charge is 2.21. The minimum atomic E-state index is 0.200. The van der Waals surface area contributed by atoms with Gasteiger partial charge in [-0.2, -0.15) is 5.10 Å². The molecular weight excluding hydrogens is 398 g/mol. The number of aryl methyl sites for hydroxylation is 2. The molecule has 0 aliphatic rings. The van der Waals surface area contributed by atoms with Crippen LogP contribution in [0.1, 0.15) is 43.8 Å². The van der Waals surface area contributed by atoms with Gasteiger partial charge in [-0.1, -0.05) is 13.8 Å². The minimum Gasteiger partial charge on any atom is -0.457 e. The van der Waals surface area contributed by atoms with Crippen LogP contribution in [0.5, 0.6) is 0 Å².